The molecule has 0 aliphatic heterocycles. The van der Waals surface area contributed by atoms with E-state index in [1.807, 2.05) is 13.0 Å². The maximum Gasteiger partial charge on any atom is 0.271 e. The van der Waals surface area contributed by atoms with E-state index >= 15 is 0 Å². The molecule has 0 fully saturated rings. The molecular weight excluding hydrogens is 356 g/mol. The molecule has 0 atom stereocenters. The van der Waals surface area contributed by atoms with Crippen LogP contribution in [-0.4, -0.2) is 21.4 Å². The number of halogens is 1. The Morgan fingerprint density at radius 1 is 1.12 bits per heavy atom. The van der Waals surface area contributed by atoms with Crippen LogP contribution in [0.4, 0.5) is 0 Å². The van der Waals surface area contributed by atoms with E-state index in [0.29, 0.717) is 10.9 Å². The van der Waals surface area contributed by atoms with Gasteiger partial charge in [-0.05, 0) is 30.7 Å². The summed E-state index contributed by atoms with van der Waals surface area (Å²) >= 11 is 5.93. The normalized spacial score (nSPS) is 10.5. The van der Waals surface area contributed by atoms with Crippen LogP contribution in [0.1, 0.15) is 15.9 Å². The molecule has 0 aliphatic carbocycles. The molecule has 7 nitrogen and oxygen atoms in total. The molecule has 26 heavy (non-hydrogen) atoms. The highest BCUT2D eigenvalue weighted by molar-refractivity contribution is 6.33. The Kier molecular flexibility index (Phi) is 4.99. The van der Waals surface area contributed by atoms with Gasteiger partial charge in [0.1, 0.15) is 6.54 Å². The maximum atomic E-state index is 12.5. The summed E-state index contributed by atoms with van der Waals surface area (Å²) in [5, 5.41) is 0.699. The highest BCUT2D eigenvalue weighted by Crippen LogP contribution is 2.14. The second-order valence-corrected chi connectivity index (χ2v) is 6.04. The van der Waals surface area contributed by atoms with Crippen molar-refractivity contribution < 1.29 is 9.59 Å². The highest BCUT2D eigenvalue weighted by atomic mass is 35.5. The summed E-state index contributed by atoms with van der Waals surface area (Å²) in [5.74, 6) is -1.12. The topological polar surface area (TPSA) is 93.1 Å². The van der Waals surface area contributed by atoms with Gasteiger partial charge in [-0.3, -0.25) is 29.8 Å². The van der Waals surface area contributed by atoms with Gasteiger partial charge in [0.2, 0.25) is 0 Å². The van der Waals surface area contributed by atoms with Gasteiger partial charge < -0.3 is 0 Å². The van der Waals surface area contributed by atoms with Crippen LogP contribution in [0.3, 0.4) is 0 Å². The monoisotopic (exact) mass is 370 g/mol. The summed E-state index contributed by atoms with van der Waals surface area (Å²) in [5.41, 5.74) is 5.91. The molecule has 0 saturated heterocycles. The lowest BCUT2D eigenvalue weighted by atomic mass is 10.1. The van der Waals surface area contributed by atoms with Crippen molar-refractivity contribution in [1.29, 1.82) is 0 Å². The van der Waals surface area contributed by atoms with Crippen LogP contribution in [0.2, 0.25) is 5.02 Å². The molecule has 2 aromatic carbocycles. The predicted octanol–water partition coefficient (Wildman–Crippen LogP) is 1.82. The van der Waals surface area contributed by atoms with Gasteiger partial charge in [0.15, 0.2) is 0 Å². The third-order valence-corrected chi connectivity index (χ3v) is 4.13. The summed E-state index contributed by atoms with van der Waals surface area (Å²) in [6, 6.07) is 11.7. The molecule has 0 unspecified atom stereocenters. The number of hydrogen-bond donors (Lipinski definition) is 2. The molecule has 0 bridgehead atoms. The Morgan fingerprint density at radius 3 is 2.65 bits per heavy atom. The number of hydrogen-bond acceptors (Lipinski definition) is 4. The van der Waals surface area contributed by atoms with Crippen molar-refractivity contribution in [1.82, 2.24) is 20.4 Å². The zero-order valence-electron chi connectivity index (χ0n) is 13.8. The number of hydrazine groups is 1. The van der Waals surface area contributed by atoms with Crippen molar-refractivity contribution in [2.45, 2.75) is 13.5 Å². The second kappa shape index (κ2) is 7.37. The van der Waals surface area contributed by atoms with E-state index < -0.39 is 11.8 Å². The maximum absolute atomic E-state index is 12.5. The molecule has 3 rings (SSSR count). The lowest BCUT2D eigenvalue weighted by Gasteiger charge is -2.10. The third kappa shape index (κ3) is 3.57. The van der Waals surface area contributed by atoms with E-state index in [2.05, 4.69) is 15.8 Å². The first kappa shape index (κ1) is 17.6. The molecule has 0 aliphatic rings. The number of carbonyl (C=O) groups excluding carboxylic acids is 2. The molecule has 132 valence electrons. The third-order valence-electron chi connectivity index (χ3n) is 3.80. The minimum absolute atomic E-state index is 0.231. The summed E-state index contributed by atoms with van der Waals surface area (Å²) in [6.07, 6.45) is 1.31. The summed E-state index contributed by atoms with van der Waals surface area (Å²) < 4.78 is 1.18. The lowest BCUT2D eigenvalue weighted by Crippen LogP contribution is -2.44. The number of nitrogens with one attached hydrogen (secondary N) is 2. The van der Waals surface area contributed by atoms with Crippen LogP contribution in [0.25, 0.3) is 10.9 Å². The second-order valence-electron chi connectivity index (χ2n) is 5.63. The van der Waals surface area contributed by atoms with E-state index in [4.69, 9.17) is 11.6 Å². The van der Waals surface area contributed by atoms with Gasteiger partial charge in [0.05, 0.1) is 27.8 Å². The smallest absolute Gasteiger partial charge is 0.271 e. The Morgan fingerprint density at radius 2 is 1.88 bits per heavy atom. The number of nitrogens with zero attached hydrogens (tertiary/aromatic N) is 2. The van der Waals surface area contributed by atoms with Crippen LogP contribution in [-0.2, 0) is 11.3 Å². The zero-order valence-corrected chi connectivity index (χ0v) is 14.6. The number of benzene rings is 2. The zero-order chi connectivity index (χ0) is 18.7. The van der Waals surface area contributed by atoms with Crippen LogP contribution < -0.4 is 16.4 Å². The summed E-state index contributed by atoms with van der Waals surface area (Å²) in [4.78, 5) is 40.7. The van der Waals surface area contributed by atoms with E-state index in [1.165, 1.54) is 17.0 Å². The standard InChI is InChI=1S/C18H15ClN4O3/c1-11-5-4-7-13-16(11)20-10-23(18(13)26)9-15(24)21-22-17(25)12-6-2-3-8-14(12)19/h2-8,10H,9H2,1H3,(H,21,24)(H,22,25). The molecule has 0 radical (unpaired) electrons. The van der Waals surface area contributed by atoms with Crippen LogP contribution >= 0.6 is 11.6 Å². The first-order valence-corrected chi connectivity index (χ1v) is 8.13. The Balaban J connectivity index is 1.70. The number of carbonyl (C=O) groups is 2. The van der Waals surface area contributed by atoms with Crippen molar-refractivity contribution in [2.24, 2.45) is 0 Å². The first-order valence-electron chi connectivity index (χ1n) is 7.76. The van der Waals surface area contributed by atoms with E-state index in [-0.39, 0.29) is 22.7 Å². The van der Waals surface area contributed by atoms with Crippen LogP contribution in [0, 0.1) is 6.92 Å². The van der Waals surface area contributed by atoms with Gasteiger partial charge in [-0.25, -0.2) is 4.98 Å². The molecular formula is C18H15ClN4O3. The fourth-order valence-corrected chi connectivity index (χ4v) is 2.71. The first-order chi connectivity index (χ1) is 12.5. The molecule has 2 amide bonds. The van der Waals surface area contributed by atoms with Gasteiger partial charge in [0, 0.05) is 0 Å². The van der Waals surface area contributed by atoms with Crippen molar-refractivity contribution in [3.63, 3.8) is 0 Å². The minimum Gasteiger partial charge on any atom is -0.289 e. The average molecular weight is 371 g/mol. The number of aromatic nitrogens is 2. The van der Waals surface area contributed by atoms with Crippen molar-refractivity contribution >= 4 is 34.3 Å². The Labute approximate surface area is 153 Å². The molecule has 0 saturated carbocycles. The average Bonchev–Trinajstić information content (AvgIpc) is 2.63. The number of aryl methyl sites for hydroxylation is 1. The van der Waals surface area contributed by atoms with Crippen LogP contribution in [0.5, 0.6) is 0 Å². The predicted molar refractivity (Wildman–Crippen MR) is 97.8 cm³/mol. The highest BCUT2D eigenvalue weighted by Gasteiger charge is 2.12. The van der Waals surface area contributed by atoms with Gasteiger partial charge in [-0.2, -0.15) is 0 Å². The molecule has 3 aromatic rings. The molecule has 0 spiro atoms. The Hall–Kier alpha value is -3.19. The van der Waals surface area contributed by atoms with E-state index in [1.54, 1.807) is 30.3 Å². The lowest BCUT2D eigenvalue weighted by molar-refractivity contribution is -0.122. The molecule has 1 aromatic heterocycles. The number of para-hydroxylation sites is 1. The Bertz CT molecular complexity index is 1060. The fourth-order valence-electron chi connectivity index (χ4n) is 2.48. The van der Waals surface area contributed by atoms with Gasteiger partial charge in [0.25, 0.3) is 17.4 Å². The SMILES string of the molecule is Cc1cccc2c(=O)n(CC(=O)NNC(=O)c3ccccc3Cl)cnc12. The molecule has 1 heterocycles. The van der Waals surface area contributed by atoms with Gasteiger partial charge in [-0.1, -0.05) is 35.9 Å². The molecule has 2 N–H and O–H groups in total. The van der Waals surface area contributed by atoms with Crippen molar-refractivity contribution in [2.75, 3.05) is 0 Å². The summed E-state index contributed by atoms with van der Waals surface area (Å²) in [7, 11) is 0. The van der Waals surface area contributed by atoms with E-state index in [9.17, 15) is 14.4 Å². The number of rotatable bonds is 3. The fraction of sp³-hybridized carbons (Fsp3) is 0.111. The minimum atomic E-state index is -0.568. The number of amides is 2. The van der Waals surface area contributed by atoms with E-state index in [0.717, 1.165) is 5.56 Å². The van der Waals surface area contributed by atoms with Crippen LogP contribution in [0.15, 0.2) is 53.6 Å². The van der Waals surface area contributed by atoms with Gasteiger partial charge in [-0.15, -0.1) is 0 Å². The largest absolute Gasteiger partial charge is 0.289 e. The van der Waals surface area contributed by atoms with Gasteiger partial charge >= 0.3 is 0 Å². The van der Waals surface area contributed by atoms with Crippen molar-refractivity contribution in [3.8, 4) is 0 Å². The summed E-state index contributed by atoms with van der Waals surface area (Å²) in [6.45, 7) is 1.58. The van der Waals surface area contributed by atoms with Crippen molar-refractivity contribution in [3.05, 3.63) is 75.3 Å². The number of fused-ring (bicyclic) bond motifs is 1. The quantitative estimate of drug-likeness (QED) is 0.688. The molecule has 8 heteroatoms.